The molecule has 1 saturated heterocycles. The lowest BCUT2D eigenvalue weighted by atomic mass is 10.2. The predicted molar refractivity (Wildman–Crippen MR) is 80.8 cm³/mol. The molecule has 0 aliphatic carbocycles. The van der Waals surface area contributed by atoms with E-state index in [0.717, 1.165) is 36.2 Å². The van der Waals surface area contributed by atoms with Crippen LogP contribution in [-0.2, 0) is 6.54 Å². The molecule has 2 rings (SSSR count). The Morgan fingerprint density at radius 3 is 2.95 bits per heavy atom. The average molecular weight is 283 g/mol. The molecular formula is C14H23ClN4. The Labute approximate surface area is 120 Å². The van der Waals surface area contributed by atoms with Gasteiger partial charge in [-0.25, -0.2) is 4.98 Å². The van der Waals surface area contributed by atoms with E-state index in [1.54, 1.807) is 0 Å². The molecule has 0 spiro atoms. The number of aromatic nitrogens is 1. The third kappa shape index (κ3) is 3.81. The van der Waals surface area contributed by atoms with Gasteiger partial charge in [0.1, 0.15) is 5.82 Å². The standard InChI is InChI=1S/C14H23ClN4/c1-11-9-18(3)7-4-8-19(11)10-13-12(15)5-6-14(16-2)17-13/h5-6,11H,4,7-10H2,1-3H3,(H,16,17). The second-order valence-corrected chi connectivity index (χ2v) is 5.72. The molecule has 0 saturated carbocycles. The molecule has 2 heterocycles. The Balaban J connectivity index is 2.11. The van der Waals surface area contributed by atoms with Crippen LogP contribution >= 0.6 is 11.6 Å². The molecule has 1 aliphatic rings. The zero-order valence-corrected chi connectivity index (χ0v) is 12.7. The van der Waals surface area contributed by atoms with Crippen LogP contribution in [0.2, 0.25) is 5.02 Å². The van der Waals surface area contributed by atoms with Crippen molar-refractivity contribution in [3.05, 3.63) is 22.8 Å². The number of pyridine rings is 1. The van der Waals surface area contributed by atoms with Crippen LogP contribution in [0.25, 0.3) is 0 Å². The average Bonchev–Trinajstić information content (AvgIpc) is 2.54. The Morgan fingerprint density at radius 2 is 2.21 bits per heavy atom. The smallest absolute Gasteiger partial charge is 0.126 e. The first-order chi connectivity index (χ1) is 9.10. The zero-order chi connectivity index (χ0) is 13.8. The minimum Gasteiger partial charge on any atom is -0.373 e. The van der Waals surface area contributed by atoms with Gasteiger partial charge in [-0.15, -0.1) is 0 Å². The van der Waals surface area contributed by atoms with E-state index < -0.39 is 0 Å². The lowest BCUT2D eigenvalue weighted by Gasteiger charge is -2.27. The third-order valence-corrected chi connectivity index (χ3v) is 4.06. The fourth-order valence-electron chi connectivity index (χ4n) is 2.58. The van der Waals surface area contributed by atoms with E-state index in [2.05, 4.69) is 34.1 Å². The molecule has 19 heavy (non-hydrogen) atoms. The Hall–Kier alpha value is -0.840. The molecule has 1 unspecified atom stereocenters. The Bertz CT molecular complexity index is 424. The topological polar surface area (TPSA) is 31.4 Å². The summed E-state index contributed by atoms with van der Waals surface area (Å²) in [5.74, 6) is 0.874. The molecule has 1 fully saturated rings. The molecular weight excluding hydrogens is 260 g/mol. The van der Waals surface area contributed by atoms with E-state index in [1.807, 2.05) is 19.2 Å². The van der Waals surface area contributed by atoms with E-state index in [9.17, 15) is 0 Å². The number of halogens is 1. The van der Waals surface area contributed by atoms with Crippen molar-refractivity contribution in [3.63, 3.8) is 0 Å². The maximum Gasteiger partial charge on any atom is 0.126 e. The molecule has 1 aromatic heterocycles. The van der Waals surface area contributed by atoms with Gasteiger partial charge in [0, 0.05) is 32.7 Å². The molecule has 0 radical (unpaired) electrons. The Kier molecular flexibility index (Phi) is 5.02. The zero-order valence-electron chi connectivity index (χ0n) is 12.0. The van der Waals surface area contributed by atoms with Crippen molar-refractivity contribution in [2.45, 2.75) is 25.9 Å². The van der Waals surface area contributed by atoms with Crippen molar-refractivity contribution in [2.24, 2.45) is 0 Å². The van der Waals surface area contributed by atoms with Gasteiger partial charge in [-0.05, 0) is 39.1 Å². The van der Waals surface area contributed by atoms with E-state index in [4.69, 9.17) is 11.6 Å². The highest BCUT2D eigenvalue weighted by Gasteiger charge is 2.20. The molecule has 4 nitrogen and oxygen atoms in total. The van der Waals surface area contributed by atoms with Gasteiger partial charge in [-0.2, -0.15) is 0 Å². The summed E-state index contributed by atoms with van der Waals surface area (Å²) in [7, 11) is 4.07. The Morgan fingerprint density at radius 1 is 1.42 bits per heavy atom. The molecule has 106 valence electrons. The number of nitrogens with one attached hydrogen (secondary N) is 1. The maximum atomic E-state index is 6.26. The van der Waals surface area contributed by atoms with E-state index in [1.165, 1.54) is 13.0 Å². The van der Waals surface area contributed by atoms with Crippen molar-refractivity contribution >= 4 is 17.4 Å². The summed E-state index contributed by atoms with van der Waals surface area (Å²) in [6, 6.07) is 4.36. The van der Waals surface area contributed by atoms with Crippen LogP contribution < -0.4 is 5.32 Å². The van der Waals surface area contributed by atoms with Crippen LogP contribution in [0, 0.1) is 0 Å². The highest BCUT2D eigenvalue weighted by Crippen LogP contribution is 2.20. The number of hydrogen-bond donors (Lipinski definition) is 1. The predicted octanol–water partition coefficient (Wildman–Crippen LogP) is 2.30. The van der Waals surface area contributed by atoms with Crippen molar-refractivity contribution in [3.8, 4) is 0 Å². The van der Waals surface area contributed by atoms with Gasteiger partial charge in [-0.3, -0.25) is 4.90 Å². The second-order valence-electron chi connectivity index (χ2n) is 5.31. The summed E-state index contributed by atoms with van der Waals surface area (Å²) in [5, 5.41) is 3.82. The summed E-state index contributed by atoms with van der Waals surface area (Å²) in [6.07, 6.45) is 1.20. The van der Waals surface area contributed by atoms with Crippen LogP contribution in [-0.4, -0.2) is 54.6 Å². The second kappa shape index (κ2) is 6.55. The van der Waals surface area contributed by atoms with Crippen LogP contribution in [0.1, 0.15) is 19.0 Å². The molecule has 1 aliphatic heterocycles. The normalized spacial score (nSPS) is 22.2. The minimum absolute atomic E-state index is 0.531. The fourth-order valence-corrected chi connectivity index (χ4v) is 2.75. The van der Waals surface area contributed by atoms with Gasteiger partial charge in [0.05, 0.1) is 10.7 Å². The molecule has 0 bridgehead atoms. The first-order valence-electron chi connectivity index (χ1n) is 6.86. The highest BCUT2D eigenvalue weighted by atomic mass is 35.5. The fraction of sp³-hybridized carbons (Fsp3) is 0.643. The lowest BCUT2D eigenvalue weighted by molar-refractivity contribution is 0.192. The summed E-state index contributed by atoms with van der Waals surface area (Å²) in [4.78, 5) is 9.43. The van der Waals surface area contributed by atoms with E-state index >= 15 is 0 Å². The minimum atomic E-state index is 0.531. The van der Waals surface area contributed by atoms with Gasteiger partial charge >= 0.3 is 0 Å². The van der Waals surface area contributed by atoms with Gasteiger partial charge in [0.2, 0.25) is 0 Å². The summed E-state index contributed by atoms with van der Waals surface area (Å²) in [5.41, 5.74) is 0.963. The monoisotopic (exact) mass is 282 g/mol. The lowest BCUT2D eigenvalue weighted by Crippen LogP contribution is -2.37. The molecule has 1 N–H and O–H groups in total. The third-order valence-electron chi connectivity index (χ3n) is 3.71. The van der Waals surface area contributed by atoms with Crippen LogP contribution in [0.3, 0.4) is 0 Å². The van der Waals surface area contributed by atoms with Crippen molar-refractivity contribution in [1.29, 1.82) is 0 Å². The van der Waals surface area contributed by atoms with Gasteiger partial charge in [0.15, 0.2) is 0 Å². The largest absolute Gasteiger partial charge is 0.373 e. The van der Waals surface area contributed by atoms with Gasteiger partial charge in [-0.1, -0.05) is 11.6 Å². The molecule has 0 amide bonds. The van der Waals surface area contributed by atoms with Crippen molar-refractivity contribution in [2.75, 3.05) is 39.0 Å². The first-order valence-corrected chi connectivity index (χ1v) is 7.23. The number of likely N-dealkylation sites (N-methyl/N-ethyl adjacent to an activating group) is 1. The maximum absolute atomic E-state index is 6.26. The first kappa shape index (κ1) is 14.6. The van der Waals surface area contributed by atoms with Crippen LogP contribution in [0.4, 0.5) is 5.82 Å². The quantitative estimate of drug-likeness (QED) is 0.922. The summed E-state index contributed by atoms with van der Waals surface area (Å²) < 4.78 is 0. The van der Waals surface area contributed by atoms with Crippen LogP contribution in [0.5, 0.6) is 0 Å². The van der Waals surface area contributed by atoms with Crippen molar-refractivity contribution in [1.82, 2.24) is 14.8 Å². The van der Waals surface area contributed by atoms with E-state index in [-0.39, 0.29) is 0 Å². The summed E-state index contributed by atoms with van der Waals surface area (Å²) in [6.45, 7) is 6.47. The molecule has 1 atom stereocenters. The molecule has 0 aromatic carbocycles. The van der Waals surface area contributed by atoms with Crippen molar-refractivity contribution < 1.29 is 0 Å². The number of hydrogen-bond acceptors (Lipinski definition) is 4. The van der Waals surface area contributed by atoms with Gasteiger partial charge in [0.25, 0.3) is 0 Å². The van der Waals surface area contributed by atoms with E-state index in [0.29, 0.717) is 6.04 Å². The van der Waals surface area contributed by atoms with Crippen LogP contribution in [0.15, 0.2) is 12.1 Å². The SMILES string of the molecule is CNc1ccc(Cl)c(CN2CCCN(C)CC2C)n1. The number of anilines is 1. The summed E-state index contributed by atoms with van der Waals surface area (Å²) >= 11 is 6.26. The highest BCUT2D eigenvalue weighted by molar-refractivity contribution is 6.31. The molecule has 1 aromatic rings. The molecule has 5 heteroatoms. The number of nitrogens with zero attached hydrogens (tertiary/aromatic N) is 3. The van der Waals surface area contributed by atoms with Gasteiger partial charge < -0.3 is 10.2 Å². The number of rotatable bonds is 3.